The van der Waals surface area contributed by atoms with Crippen LogP contribution >= 0.6 is 12.2 Å². The molecular weight excluding hydrogens is 234 g/mol. The highest BCUT2D eigenvalue weighted by molar-refractivity contribution is 7.80. The van der Waals surface area contributed by atoms with E-state index in [0.29, 0.717) is 4.99 Å². The van der Waals surface area contributed by atoms with Gasteiger partial charge in [0.1, 0.15) is 10.8 Å². The largest absolute Gasteiger partial charge is 0.389 e. The van der Waals surface area contributed by atoms with E-state index in [4.69, 9.17) is 22.7 Å². The zero-order chi connectivity index (χ0) is 12.3. The second kappa shape index (κ2) is 5.42. The van der Waals surface area contributed by atoms with Gasteiger partial charge in [0.25, 0.3) is 0 Å². The number of pyridine rings is 1. The third-order valence-electron chi connectivity index (χ3n) is 2.80. The van der Waals surface area contributed by atoms with Crippen molar-refractivity contribution in [3.63, 3.8) is 0 Å². The van der Waals surface area contributed by atoms with Crippen molar-refractivity contribution in [2.45, 2.75) is 19.4 Å². The van der Waals surface area contributed by atoms with E-state index in [2.05, 4.69) is 16.8 Å². The van der Waals surface area contributed by atoms with E-state index >= 15 is 0 Å². The molecule has 1 saturated heterocycles. The molecule has 1 fully saturated rings. The summed E-state index contributed by atoms with van der Waals surface area (Å²) in [5.74, 6) is 0.873. The first-order valence-corrected chi connectivity index (χ1v) is 6.20. The molecule has 1 unspecified atom stereocenters. The molecule has 1 aliphatic rings. The van der Waals surface area contributed by atoms with Crippen LogP contribution in [0.25, 0.3) is 0 Å². The number of nitrogens with two attached hydrogens (primary N) is 1. The lowest BCUT2D eigenvalue weighted by Gasteiger charge is -2.25. The molecule has 0 saturated carbocycles. The zero-order valence-electron chi connectivity index (χ0n) is 9.93. The second-order valence-electron chi connectivity index (χ2n) is 4.22. The van der Waals surface area contributed by atoms with Crippen LogP contribution in [-0.4, -0.2) is 35.8 Å². The molecule has 1 aromatic heterocycles. The number of hydrogen-bond donors (Lipinski definition) is 1. The number of aromatic nitrogens is 1. The number of thiocarbonyl (C=S) groups is 1. The van der Waals surface area contributed by atoms with Crippen LogP contribution in [0, 0.1) is 0 Å². The Kier molecular flexibility index (Phi) is 3.91. The Morgan fingerprint density at radius 2 is 2.47 bits per heavy atom. The first-order chi connectivity index (χ1) is 8.18. The summed E-state index contributed by atoms with van der Waals surface area (Å²) >= 11 is 5.06. The second-order valence-corrected chi connectivity index (χ2v) is 4.66. The molecule has 0 radical (unpaired) electrons. The standard InChI is InChI=1S/C12H17N3OS/c1-9-8-15(6-3-7-16-9)12-10(11(13)17)4-2-5-14-12/h2,4-5,9H,3,6-8H2,1H3,(H2,13,17). The summed E-state index contributed by atoms with van der Waals surface area (Å²) in [7, 11) is 0. The normalized spacial score (nSPS) is 21.0. The molecule has 0 bridgehead atoms. The summed E-state index contributed by atoms with van der Waals surface area (Å²) in [6, 6.07) is 3.77. The highest BCUT2D eigenvalue weighted by atomic mass is 32.1. The first-order valence-electron chi connectivity index (χ1n) is 5.80. The minimum atomic E-state index is 0.207. The number of ether oxygens (including phenoxy) is 1. The average Bonchev–Trinajstić information content (AvgIpc) is 2.54. The van der Waals surface area contributed by atoms with E-state index in [-0.39, 0.29) is 6.10 Å². The molecule has 4 nitrogen and oxygen atoms in total. The summed E-state index contributed by atoms with van der Waals surface area (Å²) in [6.45, 7) is 4.62. The van der Waals surface area contributed by atoms with Gasteiger partial charge in [-0.15, -0.1) is 0 Å². The molecule has 92 valence electrons. The highest BCUT2D eigenvalue weighted by Gasteiger charge is 2.19. The Hall–Kier alpha value is -1.20. The van der Waals surface area contributed by atoms with Crippen molar-refractivity contribution in [2.75, 3.05) is 24.6 Å². The smallest absolute Gasteiger partial charge is 0.138 e. The van der Waals surface area contributed by atoms with Crippen LogP contribution < -0.4 is 10.6 Å². The van der Waals surface area contributed by atoms with Crippen LogP contribution in [0.4, 0.5) is 5.82 Å². The molecule has 2 N–H and O–H groups in total. The molecule has 0 aromatic carbocycles. The van der Waals surface area contributed by atoms with Crippen LogP contribution in [-0.2, 0) is 4.74 Å². The van der Waals surface area contributed by atoms with E-state index in [1.54, 1.807) is 6.20 Å². The Morgan fingerprint density at radius 1 is 1.65 bits per heavy atom. The van der Waals surface area contributed by atoms with E-state index in [9.17, 15) is 0 Å². The lowest BCUT2D eigenvalue weighted by molar-refractivity contribution is 0.0820. The molecular formula is C12H17N3OS. The lowest BCUT2D eigenvalue weighted by atomic mass is 10.2. The van der Waals surface area contributed by atoms with Crippen LogP contribution in [0.15, 0.2) is 18.3 Å². The van der Waals surface area contributed by atoms with Crippen LogP contribution in [0.1, 0.15) is 18.9 Å². The molecule has 2 rings (SSSR count). The van der Waals surface area contributed by atoms with E-state index < -0.39 is 0 Å². The van der Waals surface area contributed by atoms with Crippen molar-refractivity contribution < 1.29 is 4.74 Å². The zero-order valence-corrected chi connectivity index (χ0v) is 10.7. The van der Waals surface area contributed by atoms with Crippen molar-refractivity contribution in [3.8, 4) is 0 Å². The van der Waals surface area contributed by atoms with Crippen LogP contribution in [0.2, 0.25) is 0 Å². The van der Waals surface area contributed by atoms with Crippen molar-refractivity contribution in [1.29, 1.82) is 0 Å². The van der Waals surface area contributed by atoms with Crippen molar-refractivity contribution in [1.82, 2.24) is 4.98 Å². The van der Waals surface area contributed by atoms with Gasteiger partial charge in [-0.2, -0.15) is 0 Å². The summed E-state index contributed by atoms with van der Waals surface area (Å²) < 4.78 is 5.62. The van der Waals surface area contributed by atoms with Gasteiger partial charge in [-0.25, -0.2) is 4.98 Å². The predicted molar refractivity (Wildman–Crippen MR) is 72.4 cm³/mol. The van der Waals surface area contributed by atoms with Crippen molar-refractivity contribution in [3.05, 3.63) is 23.9 Å². The van der Waals surface area contributed by atoms with Gasteiger partial charge in [-0.3, -0.25) is 0 Å². The number of nitrogens with zero attached hydrogens (tertiary/aromatic N) is 2. The third-order valence-corrected chi connectivity index (χ3v) is 3.02. The van der Waals surface area contributed by atoms with E-state index in [1.165, 1.54) is 0 Å². The van der Waals surface area contributed by atoms with Crippen molar-refractivity contribution in [2.24, 2.45) is 5.73 Å². The van der Waals surface area contributed by atoms with Gasteiger partial charge < -0.3 is 15.4 Å². The highest BCUT2D eigenvalue weighted by Crippen LogP contribution is 2.19. The summed E-state index contributed by atoms with van der Waals surface area (Å²) in [6.07, 6.45) is 2.98. The minimum Gasteiger partial charge on any atom is -0.389 e. The van der Waals surface area contributed by atoms with Gasteiger partial charge in [0.15, 0.2) is 0 Å². The fraction of sp³-hybridized carbons (Fsp3) is 0.500. The van der Waals surface area contributed by atoms with Crippen molar-refractivity contribution >= 4 is 23.0 Å². The Morgan fingerprint density at radius 3 is 3.24 bits per heavy atom. The first kappa shape index (κ1) is 12.3. The Balaban J connectivity index is 2.28. The molecule has 0 aliphatic carbocycles. The molecule has 2 heterocycles. The predicted octanol–water partition coefficient (Wildman–Crippen LogP) is 1.33. The molecule has 0 amide bonds. The molecule has 1 aromatic rings. The molecule has 5 heteroatoms. The SMILES string of the molecule is CC1CN(c2ncccc2C(N)=S)CCCO1. The maximum Gasteiger partial charge on any atom is 0.138 e. The topological polar surface area (TPSA) is 51.4 Å². The Bertz CT molecular complexity index is 410. The maximum absolute atomic E-state index is 5.73. The van der Waals surface area contributed by atoms with Crippen LogP contribution in [0.5, 0.6) is 0 Å². The fourth-order valence-electron chi connectivity index (χ4n) is 2.03. The number of anilines is 1. The van der Waals surface area contributed by atoms with Gasteiger partial charge in [0.2, 0.25) is 0 Å². The number of hydrogen-bond acceptors (Lipinski definition) is 4. The van der Waals surface area contributed by atoms with E-state index in [0.717, 1.165) is 37.5 Å². The Labute approximate surface area is 107 Å². The van der Waals surface area contributed by atoms with Gasteiger partial charge in [-0.05, 0) is 25.5 Å². The lowest BCUT2D eigenvalue weighted by Crippen LogP contribution is -2.32. The minimum absolute atomic E-state index is 0.207. The molecule has 1 atom stereocenters. The summed E-state index contributed by atoms with van der Waals surface area (Å²) in [5, 5.41) is 0. The summed E-state index contributed by atoms with van der Waals surface area (Å²) in [4.78, 5) is 7.00. The van der Waals surface area contributed by atoms with Gasteiger partial charge in [-0.1, -0.05) is 12.2 Å². The third kappa shape index (κ3) is 2.92. The summed E-state index contributed by atoms with van der Waals surface area (Å²) in [5.41, 5.74) is 6.57. The average molecular weight is 251 g/mol. The quantitative estimate of drug-likeness (QED) is 0.804. The van der Waals surface area contributed by atoms with Gasteiger partial charge in [0.05, 0.1) is 11.7 Å². The molecule has 1 aliphatic heterocycles. The van der Waals surface area contributed by atoms with Gasteiger partial charge >= 0.3 is 0 Å². The van der Waals surface area contributed by atoms with E-state index in [1.807, 2.05) is 12.1 Å². The van der Waals surface area contributed by atoms with Crippen LogP contribution in [0.3, 0.4) is 0 Å². The molecule has 0 spiro atoms. The maximum atomic E-state index is 5.73. The monoisotopic (exact) mass is 251 g/mol. The fourth-order valence-corrected chi connectivity index (χ4v) is 2.19. The molecule has 17 heavy (non-hydrogen) atoms. The van der Waals surface area contributed by atoms with Gasteiger partial charge in [0, 0.05) is 25.9 Å². The number of rotatable bonds is 2.